The second-order valence-electron chi connectivity index (χ2n) is 5.18. The maximum atomic E-state index is 9.34. The molecule has 0 N–H and O–H groups in total. The van der Waals surface area contributed by atoms with E-state index in [0.29, 0.717) is 0 Å². The van der Waals surface area contributed by atoms with Crippen molar-refractivity contribution in [3.63, 3.8) is 0 Å². The zero-order chi connectivity index (χ0) is 12.8. The maximum absolute atomic E-state index is 9.34. The smallest absolute Gasteiger partial charge is 0.0839 e. The first-order valence-corrected chi connectivity index (χ1v) is 7.04. The lowest BCUT2D eigenvalue weighted by Gasteiger charge is -2.18. The van der Waals surface area contributed by atoms with Gasteiger partial charge in [-0.05, 0) is 43.5 Å². The van der Waals surface area contributed by atoms with Crippen LogP contribution in [0.5, 0.6) is 0 Å². The SMILES string of the molecule is CCCc1ccc(C(C#N)CN2CCCC2)cc1. The summed E-state index contributed by atoms with van der Waals surface area (Å²) in [5.74, 6) is 0.0266. The molecule has 1 aliphatic rings. The lowest BCUT2D eigenvalue weighted by molar-refractivity contribution is 0.332. The minimum Gasteiger partial charge on any atom is -0.302 e. The quantitative estimate of drug-likeness (QED) is 0.791. The third-order valence-corrected chi connectivity index (χ3v) is 3.72. The Morgan fingerprint density at radius 3 is 2.44 bits per heavy atom. The first-order chi connectivity index (χ1) is 8.83. The van der Waals surface area contributed by atoms with Crippen molar-refractivity contribution in [3.05, 3.63) is 35.4 Å². The lowest BCUT2D eigenvalue weighted by atomic mass is 9.98. The van der Waals surface area contributed by atoms with Crippen LogP contribution < -0.4 is 0 Å². The minimum absolute atomic E-state index is 0.0266. The van der Waals surface area contributed by atoms with Gasteiger partial charge in [0.1, 0.15) is 0 Å². The summed E-state index contributed by atoms with van der Waals surface area (Å²) in [6, 6.07) is 11.1. The summed E-state index contributed by atoms with van der Waals surface area (Å²) >= 11 is 0. The van der Waals surface area contributed by atoms with Crippen LogP contribution in [-0.2, 0) is 6.42 Å². The normalized spacial score (nSPS) is 17.6. The van der Waals surface area contributed by atoms with Crippen LogP contribution in [0.3, 0.4) is 0 Å². The number of benzene rings is 1. The van der Waals surface area contributed by atoms with E-state index in [1.165, 1.54) is 30.4 Å². The second kappa shape index (κ2) is 6.56. The summed E-state index contributed by atoms with van der Waals surface area (Å²) in [7, 11) is 0. The number of likely N-dealkylation sites (tertiary alicyclic amines) is 1. The molecule has 1 unspecified atom stereocenters. The highest BCUT2D eigenvalue weighted by molar-refractivity contribution is 5.29. The number of rotatable bonds is 5. The summed E-state index contributed by atoms with van der Waals surface area (Å²) in [5.41, 5.74) is 2.54. The van der Waals surface area contributed by atoms with Gasteiger partial charge in [-0.2, -0.15) is 5.26 Å². The van der Waals surface area contributed by atoms with E-state index in [9.17, 15) is 5.26 Å². The van der Waals surface area contributed by atoms with Crippen molar-refractivity contribution >= 4 is 0 Å². The number of nitriles is 1. The molecule has 2 heteroatoms. The highest BCUT2D eigenvalue weighted by Crippen LogP contribution is 2.20. The fourth-order valence-corrected chi connectivity index (χ4v) is 2.65. The Morgan fingerprint density at radius 2 is 1.89 bits per heavy atom. The summed E-state index contributed by atoms with van der Waals surface area (Å²) in [4.78, 5) is 2.41. The largest absolute Gasteiger partial charge is 0.302 e. The Hall–Kier alpha value is -1.33. The first-order valence-electron chi connectivity index (χ1n) is 7.04. The van der Waals surface area contributed by atoms with Crippen molar-refractivity contribution < 1.29 is 0 Å². The topological polar surface area (TPSA) is 27.0 Å². The Kier molecular flexibility index (Phi) is 4.78. The van der Waals surface area contributed by atoms with Crippen LogP contribution in [-0.4, -0.2) is 24.5 Å². The van der Waals surface area contributed by atoms with Crippen molar-refractivity contribution in [2.45, 2.75) is 38.5 Å². The van der Waals surface area contributed by atoms with Crippen molar-refractivity contribution in [2.24, 2.45) is 0 Å². The monoisotopic (exact) mass is 242 g/mol. The van der Waals surface area contributed by atoms with Gasteiger partial charge in [-0.1, -0.05) is 37.6 Å². The van der Waals surface area contributed by atoms with Crippen molar-refractivity contribution in [3.8, 4) is 6.07 Å². The molecule has 18 heavy (non-hydrogen) atoms. The molecular weight excluding hydrogens is 220 g/mol. The van der Waals surface area contributed by atoms with Crippen LogP contribution in [0.1, 0.15) is 43.2 Å². The van der Waals surface area contributed by atoms with Crippen LogP contribution >= 0.6 is 0 Å². The van der Waals surface area contributed by atoms with Gasteiger partial charge in [-0.3, -0.25) is 0 Å². The Morgan fingerprint density at radius 1 is 1.22 bits per heavy atom. The van der Waals surface area contributed by atoms with Crippen LogP contribution in [0, 0.1) is 11.3 Å². The standard InChI is InChI=1S/C16H22N2/c1-2-5-14-6-8-15(9-7-14)16(12-17)13-18-10-3-4-11-18/h6-9,16H,2-5,10-11,13H2,1H3. The molecule has 1 aliphatic heterocycles. The van der Waals surface area contributed by atoms with Gasteiger partial charge in [0.15, 0.2) is 0 Å². The molecule has 1 fully saturated rings. The molecule has 0 radical (unpaired) electrons. The predicted molar refractivity (Wildman–Crippen MR) is 74.5 cm³/mol. The van der Waals surface area contributed by atoms with E-state index in [1.807, 2.05) is 0 Å². The van der Waals surface area contributed by atoms with Crippen molar-refractivity contribution in [1.29, 1.82) is 5.26 Å². The van der Waals surface area contributed by atoms with Gasteiger partial charge in [0.05, 0.1) is 12.0 Å². The van der Waals surface area contributed by atoms with E-state index in [4.69, 9.17) is 0 Å². The molecule has 0 bridgehead atoms. The molecule has 0 aromatic heterocycles. The molecule has 96 valence electrons. The molecule has 0 amide bonds. The average Bonchev–Trinajstić information content (AvgIpc) is 2.90. The summed E-state index contributed by atoms with van der Waals surface area (Å²) < 4.78 is 0. The van der Waals surface area contributed by atoms with Gasteiger partial charge in [0.2, 0.25) is 0 Å². The Labute approximate surface area is 110 Å². The Bertz CT molecular complexity index is 396. The van der Waals surface area contributed by atoms with Gasteiger partial charge >= 0.3 is 0 Å². The molecule has 2 nitrogen and oxygen atoms in total. The number of hydrogen-bond donors (Lipinski definition) is 0. The van der Waals surface area contributed by atoms with E-state index < -0.39 is 0 Å². The summed E-state index contributed by atoms with van der Waals surface area (Å²) in [6.07, 6.45) is 4.87. The zero-order valence-corrected chi connectivity index (χ0v) is 11.2. The van der Waals surface area contributed by atoms with Gasteiger partial charge in [0, 0.05) is 6.54 Å². The molecule has 1 aromatic rings. The summed E-state index contributed by atoms with van der Waals surface area (Å²) in [5, 5.41) is 9.34. The molecule has 1 saturated heterocycles. The lowest BCUT2D eigenvalue weighted by Crippen LogP contribution is -2.24. The number of nitrogens with zero attached hydrogens (tertiary/aromatic N) is 2. The predicted octanol–water partition coefficient (Wildman–Crippen LogP) is 3.34. The Balaban J connectivity index is 2.00. The fourth-order valence-electron chi connectivity index (χ4n) is 2.65. The van der Waals surface area contributed by atoms with E-state index >= 15 is 0 Å². The first kappa shape index (κ1) is 13.1. The van der Waals surface area contributed by atoms with Gasteiger partial charge in [-0.15, -0.1) is 0 Å². The van der Waals surface area contributed by atoms with E-state index in [2.05, 4.69) is 42.2 Å². The number of hydrogen-bond acceptors (Lipinski definition) is 2. The van der Waals surface area contributed by atoms with Crippen molar-refractivity contribution in [2.75, 3.05) is 19.6 Å². The molecular formula is C16H22N2. The minimum atomic E-state index is 0.0266. The van der Waals surface area contributed by atoms with Gasteiger partial charge < -0.3 is 4.90 Å². The second-order valence-corrected chi connectivity index (χ2v) is 5.18. The maximum Gasteiger partial charge on any atom is 0.0839 e. The van der Waals surface area contributed by atoms with Crippen LogP contribution in [0.4, 0.5) is 0 Å². The van der Waals surface area contributed by atoms with Crippen LogP contribution in [0.15, 0.2) is 24.3 Å². The highest BCUT2D eigenvalue weighted by Gasteiger charge is 2.18. The van der Waals surface area contributed by atoms with E-state index in [1.54, 1.807) is 0 Å². The molecule has 1 aromatic carbocycles. The zero-order valence-electron chi connectivity index (χ0n) is 11.2. The fraction of sp³-hybridized carbons (Fsp3) is 0.562. The number of aryl methyl sites for hydroxylation is 1. The average molecular weight is 242 g/mol. The third kappa shape index (κ3) is 3.34. The van der Waals surface area contributed by atoms with Crippen LogP contribution in [0.25, 0.3) is 0 Å². The molecule has 0 spiro atoms. The molecule has 0 saturated carbocycles. The van der Waals surface area contributed by atoms with Crippen molar-refractivity contribution in [1.82, 2.24) is 4.90 Å². The molecule has 1 atom stereocenters. The molecule has 0 aliphatic carbocycles. The highest BCUT2D eigenvalue weighted by atomic mass is 15.1. The van der Waals surface area contributed by atoms with Gasteiger partial charge in [-0.25, -0.2) is 0 Å². The summed E-state index contributed by atoms with van der Waals surface area (Å²) in [6.45, 7) is 5.40. The molecule has 1 heterocycles. The van der Waals surface area contributed by atoms with E-state index in [-0.39, 0.29) is 5.92 Å². The van der Waals surface area contributed by atoms with Crippen LogP contribution in [0.2, 0.25) is 0 Å². The molecule has 2 rings (SSSR count). The third-order valence-electron chi connectivity index (χ3n) is 3.72. The van der Waals surface area contributed by atoms with Gasteiger partial charge in [0.25, 0.3) is 0 Å². The van der Waals surface area contributed by atoms with E-state index in [0.717, 1.165) is 26.1 Å².